The number of rotatable bonds is 5. The highest BCUT2D eigenvalue weighted by Crippen LogP contribution is 2.15. The lowest BCUT2D eigenvalue weighted by Crippen LogP contribution is -2.14. The van der Waals surface area contributed by atoms with Crippen LogP contribution in [-0.4, -0.2) is 18.8 Å². The third-order valence-electron chi connectivity index (χ3n) is 1.65. The second kappa shape index (κ2) is 5.01. The number of aldehydes is 1. The second-order valence-electron chi connectivity index (χ2n) is 2.72. The topological polar surface area (TPSA) is 69.4 Å². The Morgan fingerprint density at radius 3 is 2.79 bits per heavy atom. The zero-order valence-electron chi connectivity index (χ0n) is 7.60. The van der Waals surface area contributed by atoms with Crippen LogP contribution in [0.5, 0.6) is 5.75 Å². The molecule has 0 heterocycles. The van der Waals surface area contributed by atoms with Crippen LogP contribution >= 0.6 is 0 Å². The third kappa shape index (κ3) is 2.90. The average molecular weight is 193 g/mol. The molecule has 0 radical (unpaired) electrons. The molecule has 1 amide bonds. The van der Waals surface area contributed by atoms with Crippen LogP contribution in [0.1, 0.15) is 16.8 Å². The van der Waals surface area contributed by atoms with Gasteiger partial charge < -0.3 is 10.5 Å². The number of benzene rings is 1. The van der Waals surface area contributed by atoms with Gasteiger partial charge in [-0.3, -0.25) is 9.59 Å². The van der Waals surface area contributed by atoms with Crippen molar-refractivity contribution >= 4 is 12.2 Å². The molecule has 2 N–H and O–H groups in total. The molecule has 0 aliphatic carbocycles. The maximum atomic E-state index is 10.6. The molecule has 4 nitrogen and oxygen atoms in total. The van der Waals surface area contributed by atoms with Crippen LogP contribution in [0.2, 0.25) is 0 Å². The predicted molar refractivity (Wildman–Crippen MR) is 51.1 cm³/mol. The average Bonchev–Trinajstić information content (AvgIpc) is 2.18. The fourth-order valence-corrected chi connectivity index (χ4v) is 0.971. The summed E-state index contributed by atoms with van der Waals surface area (Å²) in [5, 5.41) is 0. The Hall–Kier alpha value is -1.84. The molecule has 1 aromatic carbocycles. The fraction of sp³-hybridized carbons (Fsp3) is 0.200. The van der Waals surface area contributed by atoms with Gasteiger partial charge in [-0.1, -0.05) is 12.1 Å². The van der Waals surface area contributed by atoms with Crippen molar-refractivity contribution in [1.82, 2.24) is 0 Å². The summed E-state index contributed by atoms with van der Waals surface area (Å²) < 4.78 is 5.21. The first-order valence-corrected chi connectivity index (χ1v) is 4.19. The monoisotopic (exact) mass is 193 g/mol. The van der Waals surface area contributed by atoms with Crippen LogP contribution in [0, 0.1) is 0 Å². The normalized spacial score (nSPS) is 9.43. The molecule has 14 heavy (non-hydrogen) atoms. The molecular formula is C10H11NO3. The molecule has 1 rings (SSSR count). The van der Waals surface area contributed by atoms with E-state index in [2.05, 4.69) is 0 Å². The highest BCUT2D eigenvalue weighted by atomic mass is 16.5. The smallest absolute Gasteiger partial charge is 0.220 e. The van der Waals surface area contributed by atoms with Crippen LogP contribution < -0.4 is 10.5 Å². The van der Waals surface area contributed by atoms with E-state index >= 15 is 0 Å². The number of nitrogens with two attached hydrogens (primary N) is 1. The number of ether oxygens (including phenoxy) is 1. The van der Waals surface area contributed by atoms with Crippen molar-refractivity contribution in [3.8, 4) is 5.75 Å². The summed E-state index contributed by atoms with van der Waals surface area (Å²) >= 11 is 0. The van der Waals surface area contributed by atoms with E-state index in [4.69, 9.17) is 10.5 Å². The van der Waals surface area contributed by atoms with Crippen molar-refractivity contribution in [1.29, 1.82) is 0 Å². The molecule has 1 aromatic rings. The Morgan fingerprint density at radius 1 is 1.43 bits per heavy atom. The molecule has 0 bridgehead atoms. The Bertz CT molecular complexity index is 336. The number of hydrogen-bond acceptors (Lipinski definition) is 3. The van der Waals surface area contributed by atoms with Crippen LogP contribution in [0.3, 0.4) is 0 Å². The van der Waals surface area contributed by atoms with Gasteiger partial charge >= 0.3 is 0 Å². The quantitative estimate of drug-likeness (QED) is 0.701. The molecular weight excluding hydrogens is 182 g/mol. The zero-order valence-corrected chi connectivity index (χ0v) is 7.60. The number of primary amides is 1. The van der Waals surface area contributed by atoms with Gasteiger partial charge in [0.05, 0.1) is 18.6 Å². The van der Waals surface area contributed by atoms with E-state index in [1.54, 1.807) is 24.3 Å². The summed E-state index contributed by atoms with van der Waals surface area (Å²) in [4.78, 5) is 21.0. The molecule has 0 saturated carbocycles. The lowest BCUT2D eigenvalue weighted by molar-refractivity contribution is -0.118. The molecule has 0 aromatic heterocycles. The first kappa shape index (κ1) is 10.2. The second-order valence-corrected chi connectivity index (χ2v) is 2.72. The van der Waals surface area contributed by atoms with E-state index in [0.717, 1.165) is 0 Å². The minimum Gasteiger partial charge on any atom is -0.492 e. The Morgan fingerprint density at radius 2 is 2.14 bits per heavy atom. The van der Waals surface area contributed by atoms with Gasteiger partial charge in [0.25, 0.3) is 0 Å². The summed E-state index contributed by atoms with van der Waals surface area (Å²) in [6.45, 7) is 0.195. The van der Waals surface area contributed by atoms with Crippen molar-refractivity contribution in [3.63, 3.8) is 0 Å². The van der Waals surface area contributed by atoms with E-state index in [9.17, 15) is 9.59 Å². The number of amides is 1. The summed E-state index contributed by atoms with van der Waals surface area (Å²) in [5.74, 6) is 0.0531. The van der Waals surface area contributed by atoms with Gasteiger partial charge in [0.1, 0.15) is 5.75 Å². The Kier molecular flexibility index (Phi) is 3.67. The van der Waals surface area contributed by atoms with Crippen molar-refractivity contribution in [3.05, 3.63) is 29.8 Å². The van der Waals surface area contributed by atoms with Gasteiger partial charge in [-0.2, -0.15) is 0 Å². The van der Waals surface area contributed by atoms with Gasteiger partial charge in [0.15, 0.2) is 6.29 Å². The van der Waals surface area contributed by atoms with Crippen molar-refractivity contribution in [2.45, 2.75) is 6.42 Å². The molecule has 0 aliphatic heterocycles. The molecule has 74 valence electrons. The molecule has 0 spiro atoms. The van der Waals surface area contributed by atoms with E-state index < -0.39 is 5.91 Å². The molecule has 0 fully saturated rings. The number of hydrogen-bond donors (Lipinski definition) is 1. The van der Waals surface area contributed by atoms with Crippen molar-refractivity contribution < 1.29 is 14.3 Å². The van der Waals surface area contributed by atoms with Crippen LogP contribution in [0.25, 0.3) is 0 Å². The maximum absolute atomic E-state index is 10.6. The summed E-state index contributed by atoms with van der Waals surface area (Å²) in [5.41, 5.74) is 5.41. The number of para-hydroxylation sites is 1. The molecule has 0 atom stereocenters. The van der Waals surface area contributed by atoms with Gasteiger partial charge in [-0.15, -0.1) is 0 Å². The lowest BCUT2D eigenvalue weighted by Gasteiger charge is -2.06. The SMILES string of the molecule is NC(=O)CCOc1ccccc1C=O. The van der Waals surface area contributed by atoms with Gasteiger partial charge in [0, 0.05) is 0 Å². The first-order valence-electron chi connectivity index (χ1n) is 4.19. The standard InChI is InChI=1S/C10H11NO3/c11-10(13)5-6-14-9-4-2-1-3-8(9)7-12/h1-4,7H,5-6H2,(H2,11,13). The van der Waals surface area contributed by atoms with Gasteiger partial charge in [-0.25, -0.2) is 0 Å². The van der Waals surface area contributed by atoms with Gasteiger partial charge in [0.2, 0.25) is 5.91 Å². The predicted octanol–water partition coefficient (Wildman–Crippen LogP) is 0.753. The van der Waals surface area contributed by atoms with E-state index in [1.165, 1.54) is 0 Å². The van der Waals surface area contributed by atoms with E-state index in [-0.39, 0.29) is 13.0 Å². The summed E-state index contributed by atoms with van der Waals surface area (Å²) in [7, 11) is 0. The van der Waals surface area contributed by atoms with E-state index in [1.807, 2.05) is 0 Å². The Labute approximate surface area is 81.7 Å². The van der Waals surface area contributed by atoms with Crippen LogP contribution in [0.4, 0.5) is 0 Å². The molecule has 0 unspecified atom stereocenters. The highest BCUT2D eigenvalue weighted by molar-refractivity contribution is 5.79. The number of carbonyl (C=O) groups excluding carboxylic acids is 2. The zero-order chi connectivity index (χ0) is 10.4. The van der Waals surface area contributed by atoms with Crippen LogP contribution in [0.15, 0.2) is 24.3 Å². The molecule has 4 heteroatoms. The first-order chi connectivity index (χ1) is 6.74. The van der Waals surface area contributed by atoms with Crippen molar-refractivity contribution in [2.24, 2.45) is 5.73 Å². The lowest BCUT2D eigenvalue weighted by atomic mass is 10.2. The minimum atomic E-state index is -0.423. The Balaban J connectivity index is 2.57. The fourth-order valence-electron chi connectivity index (χ4n) is 0.971. The molecule has 0 aliphatic rings. The minimum absolute atomic E-state index is 0.146. The summed E-state index contributed by atoms with van der Waals surface area (Å²) in [6, 6.07) is 6.81. The van der Waals surface area contributed by atoms with Crippen LogP contribution in [-0.2, 0) is 4.79 Å². The summed E-state index contributed by atoms with van der Waals surface area (Å²) in [6.07, 6.45) is 0.854. The molecule has 0 saturated heterocycles. The largest absolute Gasteiger partial charge is 0.492 e. The maximum Gasteiger partial charge on any atom is 0.220 e. The third-order valence-corrected chi connectivity index (χ3v) is 1.65. The van der Waals surface area contributed by atoms with E-state index in [0.29, 0.717) is 17.6 Å². The van der Waals surface area contributed by atoms with Crippen molar-refractivity contribution in [2.75, 3.05) is 6.61 Å². The highest BCUT2D eigenvalue weighted by Gasteiger charge is 2.01. The van der Waals surface area contributed by atoms with Gasteiger partial charge in [-0.05, 0) is 12.1 Å². The number of carbonyl (C=O) groups is 2.